The van der Waals surface area contributed by atoms with Crippen LogP contribution in [-0.2, 0) is 19.1 Å². The van der Waals surface area contributed by atoms with Crippen LogP contribution in [0.3, 0.4) is 0 Å². The number of hydrogen-bond acceptors (Lipinski definition) is 4. The molecule has 25 heavy (non-hydrogen) atoms. The van der Waals surface area contributed by atoms with E-state index in [2.05, 4.69) is 10.6 Å². The highest BCUT2D eigenvalue weighted by Gasteiger charge is 2.15. The third-order valence-corrected chi connectivity index (χ3v) is 3.88. The molecule has 0 saturated heterocycles. The normalized spacial score (nSPS) is 12.2. The van der Waals surface area contributed by atoms with Crippen LogP contribution in [-0.4, -0.2) is 57.5 Å². The molecule has 1 atom stereocenters. The summed E-state index contributed by atoms with van der Waals surface area (Å²) in [5.74, 6) is -0.227. The van der Waals surface area contributed by atoms with E-state index in [1.165, 1.54) is 0 Å². The molecule has 7 heteroatoms. The average Bonchev–Trinajstić information content (AvgIpc) is 2.61. The third-order valence-electron chi connectivity index (χ3n) is 3.88. The molecule has 0 fully saturated rings. The number of amides is 2. The molecule has 2 amide bonds. The summed E-state index contributed by atoms with van der Waals surface area (Å²) >= 11 is 0. The Morgan fingerprint density at radius 1 is 1.04 bits per heavy atom. The van der Waals surface area contributed by atoms with Crippen molar-refractivity contribution < 1.29 is 26.3 Å². The van der Waals surface area contributed by atoms with Crippen LogP contribution < -0.4 is 10.6 Å². The lowest BCUT2D eigenvalue weighted by molar-refractivity contribution is -0.126. The van der Waals surface area contributed by atoms with Crippen LogP contribution in [0, 0.1) is 5.92 Å². The van der Waals surface area contributed by atoms with Gasteiger partial charge in [-0.2, -0.15) is 0 Å². The molecule has 2 N–H and O–H groups in total. The highest BCUT2D eigenvalue weighted by molar-refractivity contribution is 5.78. The van der Waals surface area contributed by atoms with Crippen LogP contribution >= 0.6 is 0 Å². The second-order valence-corrected chi connectivity index (χ2v) is 5.98. The molecule has 0 aliphatic rings. The Kier molecular flexibility index (Phi) is 15.5. The van der Waals surface area contributed by atoms with Gasteiger partial charge in [-0.05, 0) is 39.0 Å². The van der Waals surface area contributed by atoms with Gasteiger partial charge in [0.2, 0.25) is 11.8 Å². The number of halogens is 1. The summed E-state index contributed by atoms with van der Waals surface area (Å²) in [6.07, 6.45) is 2.91. The largest absolute Gasteiger partial charge is 0.378 e. The fourth-order valence-electron chi connectivity index (χ4n) is 2.26. The van der Waals surface area contributed by atoms with Crippen LogP contribution in [0.5, 0.6) is 0 Å². The SMILES string of the molecule is CCOCC(=O)NCCCCCOCC(F)CNC(=O)C(CC)CC.[HH].[HH]. The quantitative estimate of drug-likeness (QED) is 0.412. The van der Waals surface area contributed by atoms with Crippen molar-refractivity contribution in [3.63, 3.8) is 0 Å². The lowest BCUT2D eigenvalue weighted by Gasteiger charge is -2.14. The summed E-state index contributed by atoms with van der Waals surface area (Å²) in [7, 11) is 0. The Bertz CT molecular complexity index is 362. The van der Waals surface area contributed by atoms with Gasteiger partial charge in [0.1, 0.15) is 12.8 Å². The van der Waals surface area contributed by atoms with Gasteiger partial charge in [-0.15, -0.1) is 0 Å². The standard InChI is InChI=1S/C18H35FN2O4.2H2/c1-4-15(5-2)18(23)21-12-16(19)13-25-11-9-7-8-10-20-17(22)14-24-6-3;;/h15-16H,4-14H2,1-3H3,(H,20,22)(H,21,23);2*1H. The second kappa shape index (κ2) is 16.3. The molecule has 0 aliphatic carbocycles. The predicted molar refractivity (Wildman–Crippen MR) is 100 cm³/mol. The van der Waals surface area contributed by atoms with Gasteiger partial charge in [-0.25, -0.2) is 4.39 Å². The molecule has 0 aromatic heterocycles. The van der Waals surface area contributed by atoms with E-state index in [0.29, 0.717) is 19.8 Å². The summed E-state index contributed by atoms with van der Waals surface area (Å²) in [6, 6.07) is 0. The molecule has 6 nitrogen and oxygen atoms in total. The molecule has 0 radical (unpaired) electrons. The summed E-state index contributed by atoms with van der Waals surface area (Å²) in [5, 5.41) is 5.40. The Hall–Kier alpha value is -1.21. The van der Waals surface area contributed by atoms with E-state index >= 15 is 0 Å². The first-order valence-electron chi connectivity index (χ1n) is 9.38. The van der Waals surface area contributed by atoms with Crippen molar-refractivity contribution in [3.05, 3.63) is 0 Å². The molecule has 1 unspecified atom stereocenters. The fraction of sp³-hybridized carbons (Fsp3) is 0.889. The third kappa shape index (κ3) is 13.7. The highest BCUT2D eigenvalue weighted by Crippen LogP contribution is 2.07. The average molecular weight is 367 g/mol. The molecule has 152 valence electrons. The fourth-order valence-corrected chi connectivity index (χ4v) is 2.26. The van der Waals surface area contributed by atoms with E-state index in [0.717, 1.165) is 32.1 Å². The van der Waals surface area contributed by atoms with Crippen molar-refractivity contribution in [2.75, 3.05) is 39.5 Å². The first-order chi connectivity index (χ1) is 12.0. The van der Waals surface area contributed by atoms with Gasteiger partial charge in [0.25, 0.3) is 0 Å². The first-order valence-corrected chi connectivity index (χ1v) is 9.38. The van der Waals surface area contributed by atoms with Gasteiger partial charge in [0, 0.05) is 28.5 Å². The summed E-state index contributed by atoms with van der Waals surface area (Å²) < 4.78 is 23.9. The van der Waals surface area contributed by atoms with Gasteiger partial charge >= 0.3 is 0 Å². The Morgan fingerprint density at radius 2 is 1.76 bits per heavy atom. The van der Waals surface area contributed by atoms with Gasteiger partial charge in [0.15, 0.2) is 0 Å². The molecule has 0 saturated carbocycles. The highest BCUT2D eigenvalue weighted by atomic mass is 19.1. The number of unbranched alkanes of at least 4 members (excludes halogenated alkanes) is 2. The zero-order chi connectivity index (χ0) is 18.9. The predicted octanol–water partition coefficient (Wildman–Crippen LogP) is 2.71. The van der Waals surface area contributed by atoms with E-state index < -0.39 is 6.17 Å². The second-order valence-electron chi connectivity index (χ2n) is 5.98. The maximum atomic E-state index is 13.7. The van der Waals surface area contributed by atoms with E-state index in [1.54, 1.807) is 0 Å². The Balaban J connectivity index is -0.00000288. The number of carbonyl (C=O) groups is 2. The van der Waals surface area contributed by atoms with Crippen molar-refractivity contribution >= 4 is 11.8 Å². The minimum atomic E-state index is -1.18. The van der Waals surface area contributed by atoms with Crippen molar-refractivity contribution in [2.24, 2.45) is 5.92 Å². The first kappa shape index (κ1) is 23.8. The Labute approximate surface area is 154 Å². The Morgan fingerprint density at radius 3 is 2.40 bits per heavy atom. The smallest absolute Gasteiger partial charge is 0.245 e. The molecule has 0 rings (SSSR count). The van der Waals surface area contributed by atoms with Crippen LogP contribution in [0.1, 0.15) is 55.7 Å². The maximum Gasteiger partial charge on any atom is 0.245 e. The molecule has 0 spiro atoms. The maximum absolute atomic E-state index is 13.7. The number of nitrogens with one attached hydrogen (secondary N) is 2. The van der Waals surface area contributed by atoms with Crippen molar-refractivity contribution in [1.29, 1.82) is 0 Å². The molecule has 0 aromatic rings. The minimum absolute atomic E-state index is 0. The lowest BCUT2D eigenvalue weighted by Crippen LogP contribution is -2.36. The van der Waals surface area contributed by atoms with Crippen LogP contribution in [0.25, 0.3) is 0 Å². The summed E-state index contributed by atoms with van der Waals surface area (Å²) in [4.78, 5) is 23.0. The summed E-state index contributed by atoms with van der Waals surface area (Å²) in [5.41, 5.74) is 0. The van der Waals surface area contributed by atoms with E-state index in [-0.39, 0.29) is 40.3 Å². The molecule has 0 aliphatic heterocycles. The van der Waals surface area contributed by atoms with Crippen molar-refractivity contribution in [1.82, 2.24) is 10.6 Å². The molecule has 0 aromatic carbocycles. The van der Waals surface area contributed by atoms with Crippen molar-refractivity contribution in [3.8, 4) is 0 Å². The zero-order valence-corrected chi connectivity index (χ0v) is 15.9. The number of ether oxygens (including phenoxy) is 2. The number of hydrogen-bond donors (Lipinski definition) is 2. The molecular formula is C18H39FN2O4. The van der Waals surface area contributed by atoms with Crippen LogP contribution in [0.15, 0.2) is 0 Å². The monoisotopic (exact) mass is 366 g/mol. The lowest BCUT2D eigenvalue weighted by atomic mass is 10.0. The van der Waals surface area contributed by atoms with Crippen LogP contribution in [0.4, 0.5) is 4.39 Å². The molecule has 0 heterocycles. The number of alkyl halides is 1. The van der Waals surface area contributed by atoms with E-state index in [1.807, 2.05) is 20.8 Å². The zero-order valence-electron chi connectivity index (χ0n) is 15.9. The molecular weight excluding hydrogens is 327 g/mol. The minimum Gasteiger partial charge on any atom is -0.378 e. The van der Waals surface area contributed by atoms with Gasteiger partial charge in [-0.1, -0.05) is 13.8 Å². The molecule has 0 bridgehead atoms. The topological polar surface area (TPSA) is 76.7 Å². The van der Waals surface area contributed by atoms with Gasteiger partial charge in [-0.3, -0.25) is 9.59 Å². The van der Waals surface area contributed by atoms with Crippen LogP contribution in [0.2, 0.25) is 0 Å². The van der Waals surface area contributed by atoms with E-state index in [9.17, 15) is 14.0 Å². The van der Waals surface area contributed by atoms with Crippen molar-refractivity contribution in [2.45, 2.75) is 59.0 Å². The summed E-state index contributed by atoms with van der Waals surface area (Å²) in [6.45, 7) is 7.47. The number of carbonyl (C=O) groups excluding carboxylic acids is 2. The number of rotatable bonds is 16. The van der Waals surface area contributed by atoms with Gasteiger partial charge in [0.05, 0.1) is 13.2 Å². The van der Waals surface area contributed by atoms with Gasteiger partial charge < -0.3 is 20.1 Å². The van der Waals surface area contributed by atoms with E-state index in [4.69, 9.17) is 9.47 Å².